The van der Waals surface area contributed by atoms with Crippen LogP contribution in [0.4, 0.5) is 0 Å². The lowest BCUT2D eigenvalue weighted by molar-refractivity contribution is 0.116. The highest BCUT2D eigenvalue weighted by molar-refractivity contribution is 5.37. The summed E-state index contributed by atoms with van der Waals surface area (Å²) in [7, 11) is 0. The van der Waals surface area contributed by atoms with E-state index in [4.69, 9.17) is 0 Å². The number of hydrogen-bond acceptors (Lipinski definition) is 1. The minimum absolute atomic E-state index is 0.220. The minimum Gasteiger partial charge on any atom is -0.388 e. The van der Waals surface area contributed by atoms with Crippen LogP contribution in [0, 0.1) is 5.41 Å². The molecule has 1 nitrogen and oxygen atoms in total. The van der Waals surface area contributed by atoms with Gasteiger partial charge in [-0.1, -0.05) is 62.4 Å². The number of rotatable bonds is 2. The Kier molecular flexibility index (Phi) is 3.86. The van der Waals surface area contributed by atoms with Crippen molar-refractivity contribution in [2.75, 3.05) is 0 Å². The van der Waals surface area contributed by atoms with E-state index in [0.717, 1.165) is 31.2 Å². The fraction of sp³-hybridized carbons (Fsp3) is 0.400. The van der Waals surface area contributed by atoms with Crippen LogP contribution in [0.5, 0.6) is 0 Å². The smallest absolute Gasteiger partial charge is 0.0797 e. The highest BCUT2D eigenvalue weighted by atomic mass is 16.3. The summed E-state index contributed by atoms with van der Waals surface area (Å²) in [4.78, 5) is 0. The molecule has 0 aliphatic heterocycles. The molecule has 2 aromatic carbocycles. The zero-order valence-corrected chi connectivity index (χ0v) is 13.0. The van der Waals surface area contributed by atoms with E-state index in [1.165, 1.54) is 16.7 Å². The third-order valence-electron chi connectivity index (χ3n) is 4.64. The summed E-state index contributed by atoms with van der Waals surface area (Å²) in [5.74, 6) is 0. The van der Waals surface area contributed by atoms with Crippen molar-refractivity contribution in [3.8, 4) is 0 Å². The molecule has 0 saturated heterocycles. The Morgan fingerprint density at radius 1 is 1.05 bits per heavy atom. The summed E-state index contributed by atoms with van der Waals surface area (Å²) in [5, 5.41) is 10.6. The van der Waals surface area contributed by atoms with Gasteiger partial charge in [-0.2, -0.15) is 0 Å². The predicted molar refractivity (Wildman–Crippen MR) is 87.4 cm³/mol. The summed E-state index contributed by atoms with van der Waals surface area (Å²) < 4.78 is 0. The Bertz CT molecular complexity index is 613. The Hall–Kier alpha value is -1.60. The second-order valence-electron chi connectivity index (χ2n) is 7.08. The van der Waals surface area contributed by atoms with Crippen molar-refractivity contribution < 1.29 is 5.11 Å². The highest BCUT2D eigenvalue weighted by Gasteiger charge is 2.28. The quantitative estimate of drug-likeness (QED) is 0.792. The fourth-order valence-electron chi connectivity index (χ4n) is 3.33. The molecule has 0 fully saturated rings. The first kappa shape index (κ1) is 14.3. The minimum atomic E-state index is -0.326. The normalized spacial score (nSPS) is 20.6. The Labute approximate surface area is 127 Å². The summed E-state index contributed by atoms with van der Waals surface area (Å²) in [6, 6.07) is 17.2. The molecule has 110 valence electrons. The number of hydrogen-bond donors (Lipinski definition) is 1. The van der Waals surface area contributed by atoms with Gasteiger partial charge in [-0.15, -0.1) is 0 Å². The molecule has 1 aliphatic carbocycles. The van der Waals surface area contributed by atoms with Gasteiger partial charge < -0.3 is 5.11 Å². The van der Waals surface area contributed by atoms with E-state index in [1.807, 2.05) is 6.07 Å². The number of aliphatic hydroxyl groups excluding tert-OH is 1. The Morgan fingerprint density at radius 3 is 2.57 bits per heavy atom. The maximum atomic E-state index is 10.6. The fourth-order valence-corrected chi connectivity index (χ4v) is 3.33. The monoisotopic (exact) mass is 280 g/mol. The van der Waals surface area contributed by atoms with Gasteiger partial charge in [0.25, 0.3) is 0 Å². The molecule has 0 spiro atoms. The van der Waals surface area contributed by atoms with E-state index in [2.05, 4.69) is 56.3 Å². The van der Waals surface area contributed by atoms with Gasteiger partial charge in [-0.05, 0) is 53.4 Å². The van der Waals surface area contributed by atoms with Gasteiger partial charge in [-0.25, -0.2) is 0 Å². The van der Waals surface area contributed by atoms with Crippen molar-refractivity contribution in [1.29, 1.82) is 0 Å². The molecule has 0 heterocycles. The molecular formula is C20H24O. The van der Waals surface area contributed by atoms with Gasteiger partial charge in [-0.3, -0.25) is 0 Å². The van der Waals surface area contributed by atoms with Crippen LogP contribution in [0.1, 0.15) is 55.0 Å². The zero-order chi connectivity index (χ0) is 14.9. The maximum absolute atomic E-state index is 10.6. The maximum Gasteiger partial charge on any atom is 0.0797 e. The van der Waals surface area contributed by atoms with Crippen molar-refractivity contribution >= 4 is 0 Å². The Balaban J connectivity index is 1.88. The first-order valence-electron chi connectivity index (χ1n) is 7.87. The van der Waals surface area contributed by atoms with Crippen LogP contribution in [0.15, 0.2) is 48.5 Å². The molecule has 0 saturated carbocycles. The lowest BCUT2D eigenvalue weighted by Crippen LogP contribution is -2.13. The molecule has 21 heavy (non-hydrogen) atoms. The van der Waals surface area contributed by atoms with Crippen molar-refractivity contribution in [3.63, 3.8) is 0 Å². The van der Waals surface area contributed by atoms with Crippen molar-refractivity contribution in [2.45, 2.75) is 45.6 Å². The standard InChI is InChI=1S/C20H24O/c1-20(2)11-10-17-9-8-16(13-18(17)19(21)14-20)12-15-6-4-3-5-7-15/h3-9,13,19,21H,10-12,14H2,1-2H3. The van der Waals surface area contributed by atoms with Crippen LogP contribution in [0.25, 0.3) is 0 Å². The van der Waals surface area contributed by atoms with Crippen molar-refractivity contribution in [3.05, 3.63) is 70.8 Å². The van der Waals surface area contributed by atoms with Crippen LogP contribution >= 0.6 is 0 Å². The predicted octanol–water partition coefficient (Wildman–Crippen LogP) is 4.67. The topological polar surface area (TPSA) is 20.2 Å². The second kappa shape index (κ2) is 5.65. The van der Waals surface area contributed by atoms with Crippen LogP contribution in [-0.4, -0.2) is 5.11 Å². The van der Waals surface area contributed by atoms with E-state index < -0.39 is 0 Å². The zero-order valence-electron chi connectivity index (χ0n) is 13.0. The summed E-state index contributed by atoms with van der Waals surface area (Å²) in [6.07, 6.45) is 3.69. The summed E-state index contributed by atoms with van der Waals surface area (Å²) >= 11 is 0. The second-order valence-corrected chi connectivity index (χ2v) is 7.08. The Morgan fingerprint density at radius 2 is 1.81 bits per heavy atom. The van der Waals surface area contributed by atoms with E-state index in [9.17, 15) is 5.11 Å². The van der Waals surface area contributed by atoms with E-state index in [0.29, 0.717) is 0 Å². The van der Waals surface area contributed by atoms with Crippen LogP contribution in [0.3, 0.4) is 0 Å². The first-order valence-corrected chi connectivity index (χ1v) is 7.87. The number of fused-ring (bicyclic) bond motifs is 1. The number of benzene rings is 2. The molecule has 0 bridgehead atoms. The van der Waals surface area contributed by atoms with Gasteiger partial charge >= 0.3 is 0 Å². The molecule has 1 atom stereocenters. The van der Waals surface area contributed by atoms with E-state index >= 15 is 0 Å². The largest absolute Gasteiger partial charge is 0.388 e. The van der Waals surface area contributed by atoms with Crippen LogP contribution in [0.2, 0.25) is 0 Å². The average Bonchev–Trinajstić information content (AvgIpc) is 2.57. The van der Waals surface area contributed by atoms with Gasteiger partial charge in [0.05, 0.1) is 6.10 Å². The number of aryl methyl sites for hydroxylation is 1. The molecular weight excluding hydrogens is 256 g/mol. The van der Waals surface area contributed by atoms with Crippen molar-refractivity contribution in [1.82, 2.24) is 0 Å². The van der Waals surface area contributed by atoms with E-state index in [-0.39, 0.29) is 11.5 Å². The van der Waals surface area contributed by atoms with Gasteiger partial charge in [0, 0.05) is 0 Å². The lowest BCUT2D eigenvalue weighted by Gasteiger charge is -2.24. The third-order valence-corrected chi connectivity index (χ3v) is 4.64. The molecule has 1 aliphatic rings. The van der Waals surface area contributed by atoms with Crippen LogP contribution in [-0.2, 0) is 12.8 Å². The molecule has 2 aromatic rings. The molecule has 1 N–H and O–H groups in total. The third kappa shape index (κ3) is 3.36. The highest BCUT2D eigenvalue weighted by Crippen LogP contribution is 2.39. The molecule has 0 aromatic heterocycles. The van der Waals surface area contributed by atoms with Gasteiger partial charge in [0.2, 0.25) is 0 Å². The summed E-state index contributed by atoms with van der Waals surface area (Å²) in [5.41, 5.74) is 5.30. The van der Waals surface area contributed by atoms with E-state index in [1.54, 1.807) is 0 Å². The molecule has 1 unspecified atom stereocenters. The molecule has 0 radical (unpaired) electrons. The molecule has 3 rings (SSSR count). The van der Waals surface area contributed by atoms with Gasteiger partial charge in [0.1, 0.15) is 0 Å². The van der Waals surface area contributed by atoms with Gasteiger partial charge in [0.15, 0.2) is 0 Å². The molecule has 1 heteroatoms. The van der Waals surface area contributed by atoms with Crippen LogP contribution < -0.4 is 0 Å². The molecule has 0 amide bonds. The average molecular weight is 280 g/mol. The number of aliphatic hydroxyl groups is 1. The summed E-state index contributed by atoms with van der Waals surface area (Å²) in [6.45, 7) is 4.51. The lowest BCUT2D eigenvalue weighted by atomic mass is 9.84. The SMILES string of the molecule is CC1(C)CCc2ccc(Cc3ccccc3)cc2C(O)C1. The first-order chi connectivity index (χ1) is 10.0. The van der Waals surface area contributed by atoms with Crippen molar-refractivity contribution in [2.24, 2.45) is 5.41 Å².